The summed E-state index contributed by atoms with van der Waals surface area (Å²) in [6, 6.07) is 3.02. The molecule has 3 aromatic rings. The van der Waals surface area contributed by atoms with E-state index >= 15 is 0 Å². The highest BCUT2D eigenvalue weighted by Crippen LogP contribution is 2.43. The van der Waals surface area contributed by atoms with Crippen molar-refractivity contribution in [2.75, 3.05) is 6.61 Å². The molecule has 39 heavy (non-hydrogen) atoms. The number of thioether (sulfide) groups is 1. The van der Waals surface area contributed by atoms with Gasteiger partial charge in [-0.25, -0.2) is 18.3 Å². The van der Waals surface area contributed by atoms with Crippen molar-refractivity contribution >= 4 is 41.0 Å². The van der Waals surface area contributed by atoms with E-state index in [1.165, 1.54) is 42.7 Å². The largest absolute Gasteiger partial charge is 0.463 e. The number of esters is 2. The van der Waals surface area contributed by atoms with Crippen molar-refractivity contribution in [3.63, 3.8) is 0 Å². The summed E-state index contributed by atoms with van der Waals surface area (Å²) < 4.78 is 47.1. The Kier molecular flexibility index (Phi) is 8.79. The maximum absolute atomic E-state index is 14.3. The highest BCUT2D eigenvalue weighted by Gasteiger charge is 2.48. The summed E-state index contributed by atoms with van der Waals surface area (Å²) in [7, 11) is 0. The van der Waals surface area contributed by atoms with Crippen molar-refractivity contribution in [1.82, 2.24) is 20.0 Å². The molecular formula is C25H22ClF2N5O5S. The van der Waals surface area contributed by atoms with E-state index in [2.05, 4.69) is 20.1 Å². The van der Waals surface area contributed by atoms with E-state index in [4.69, 9.17) is 32.4 Å². The van der Waals surface area contributed by atoms with E-state index < -0.39 is 52.9 Å². The lowest BCUT2D eigenvalue weighted by molar-refractivity contribution is -0.191. The van der Waals surface area contributed by atoms with E-state index in [0.29, 0.717) is 9.92 Å². The fourth-order valence-electron chi connectivity index (χ4n) is 4.22. The van der Waals surface area contributed by atoms with E-state index in [-0.39, 0.29) is 23.8 Å². The van der Waals surface area contributed by atoms with Crippen LogP contribution in [0.1, 0.15) is 26.8 Å². The molecule has 0 radical (unpaired) electrons. The molecule has 1 aliphatic rings. The Morgan fingerprint density at radius 1 is 1.21 bits per heavy atom. The van der Waals surface area contributed by atoms with E-state index in [1.54, 1.807) is 12.3 Å². The van der Waals surface area contributed by atoms with Crippen LogP contribution in [0.25, 0.3) is 16.1 Å². The average Bonchev–Trinajstić information content (AvgIpc) is 3.34. The first-order chi connectivity index (χ1) is 18.6. The Morgan fingerprint density at radius 2 is 1.92 bits per heavy atom. The number of pyridine rings is 1. The molecule has 10 nitrogen and oxygen atoms in total. The molecule has 1 aliphatic heterocycles. The Morgan fingerprint density at radius 3 is 2.54 bits per heavy atom. The lowest BCUT2D eigenvalue weighted by Gasteiger charge is -2.44. The molecule has 14 heteroatoms. The summed E-state index contributed by atoms with van der Waals surface area (Å²) in [5, 5.41) is 8.67. The van der Waals surface area contributed by atoms with Gasteiger partial charge in [0.2, 0.25) is 0 Å². The molecule has 1 fully saturated rings. The van der Waals surface area contributed by atoms with Crippen molar-refractivity contribution in [3.05, 3.63) is 64.9 Å². The molecule has 4 rings (SSSR count). The fraction of sp³-hybridized carbons (Fsp3) is 0.360. The van der Waals surface area contributed by atoms with Gasteiger partial charge in [0.25, 0.3) is 5.69 Å². The van der Waals surface area contributed by atoms with Gasteiger partial charge in [-0.3, -0.25) is 14.6 Å². The number of benzene rings is 1. The van der Waals surface area contributed by atoms with Crippen LogP contribution in [0.15, 0.2) is 41.7 Å². The van der Waals surface area contributed by atoms with Gasteiger partial charge < -0.3 is 14.2 Å². The Bertz CT molecular complexity index is 1410. The number of hydrogen-bond donors (Lipinski definition) is 0. The minimum absolute atomic E-state index is 0.0692. The minimum Gasteiger partial charge on any atom is -0.463 e. The number of ether oxygens (including phenoxy) is 3. The third kappa shape index (κ3) is 6.52. The molecule has 0 amide bonds. The Balaban J connectivity index is 1.73. The average molecular weight is 578 g/mol. The summed E-state index contributed by atoms with van der Waals surface area (Å²) in [5.74, 6) is -3.59. The van der Waals surface area contributed by atoms with Gasteiger partial charge in [0, 0.05) is 42.6 Å². The first kappa shape index (κ1) is 28.4. The maximum atomic E-state index is 14.3. The smallest absolute Gasteiger partial charge is 0.303 e. The normalized spacial score (nSPS) is 22.6. The number of aromatic nitrogens is 4. The monoisotopic (exact) mass is 577 g/mol. The maximum Gasteiger partial charge on any atom is 0.303 e. The van der Waals surface area contributed by atoms with Crippen molar-refractivity contribution < 1.29 is 32.6 Å². The van der Waals surface area contributed by atoms with Crippen LogP contribution >= 0.6 is 23.4 Å². The second-order valence-corrected chi connectivity index (χ2v) is 10.3. The Labute approximate surface area is 231 Å². The van der Waals surface area contributed by atoms with Crippen molar-refractivity contribution in [2.45, 2.75) is 49.4 Å². The van der Waals surface area contributed by atoms with Crippen molar-refractivity contribution in [1.29, 1.82) is 0 Å². The molecule has 0 spiro atoms. The second kappa shape index (κ2) is 12.1. The van der Waals surface area contributed by atoms with Crippen LogP contribution < -0.4 is 0 Å². The summed E-state index contributed by atoms with van der Waals surface area (Å²) in [5.41, 5.74) is -1.09. The molecule has 3 heterocycles. The number of rotatable bonds is 7. The van der Waals surface area contributed by atoms with Crippen LogP contribution in [0.4, 0.5) is 14.5 Å². The quantitative estimate of drug-likeness (QED) is 0.282. The molecule has 0 aliphatic carbocycles. The molecule has 0 saturated carbocycles. The molecular weight excluding hydrogens is 556 g/mol. The number of halogens is 3. The van der Waals surface area contributed by atoms with Crippen LogP contribution in [0.2, 0.25) is 5.02 Å². The van der Waals surface area contributed by atoms with Crippen LogP contribution in [0.5, 0.6) is 0 Å². The Hall–Kier alpha value is -3.60. The van der Waals surface area contributed by atoms with Crippen LogP contribution in [0.3, 0.4) is 0 Å². The lowest BCUT2D eigenvalue weighted by Crippen LogP contribution is -2.53. The zero-order chi connectivity index (χ0) is 28.3. The first-order valence-electron chi connectivity index (χ1n) is 11.6. The van der Waals surface area contributed by atoms with E-state index in [9.17, 15) is 18.4 Å². The third-order valence-electron chi connectivity index (χ3n) is 5.91. The van der Waals surface area contributed by atoms with Crippen LogP contribution in [0, 0.1) is 24.1 Å². The predicted octanol–water partition coefficient (Wildman–Crippen LogP) is 5.01. The van der Waals surface area contributed by atoms with Crippen LogP contribution in [-0.2, 0) is 23.8 Å². The van der Waals surface area contributed by atoms with Gasteiger partial charge >= 0.3 is 11.9 Å². The number of carbonyl (C=O) groups excluding carboxylic acids is 2. The van der Waals surface area contributed by atoms with Gasteiger partial charge in [0.1, 0.15) is 35.5 Å². The number of nitrogens with zero attached hydrogens (tertiary/aromatic N) is 5. The van der Waals surface area contributed by atoms with Gasteiger partial charge in [0.05, 0.1) is 23.8 Å². The number of carbonyl (C=O) groups is 2. The SMILES string of the molecule is [C-]#[N+]c1c(F)cc(-c2cn([C@@H]3C(C)[C@@H](Sc4cncc(Cl)c4)OC(COC(C)=O)[C@@H]3OC(C)=O)nn2)cc1F. The third-order valence-corrected chi connectivity index (χ3v) is 7.38. The van der Waals surface area contributed by atoms with Crippen molar-refractivity contribution in [3.8, 4) is 11.3 Å². The molecule has 1 saturated heterocycles. The topological polar surface area (TPSA) is 110 Å². The summed E-state index contributed by atoms with van der Waals surface area (Å²) in [6.07, 6.45) is 2.72. The second-order valence-electron chi connectivity index (χ2n) is 8.71. The summed E-state index contributed by atoms with van der Waals surface area (Å²) in [6.45, 7) is 11.1. The molecule has 1 aromatic carbocycles. The molecule has 5 atom stereocenters. The molecule has 0 N–H and O–H groups in total. The zero-order valence-corrected chi connectivity index (χ0v) is 22.4. The molecule has 2 aromatic heterocycles. The first-order valence-corrected chi connectivity index (χ1v) is 12.8. The van der Waals surface area contributed by atoms with Gasteiger partial charge in [-0.05, 0) is 18.2 Å². The number of hydrogen-bond acceptors (Lipinski definition) is 9. The van der Waals surface area contributed by atoms with E-state index in [0.717, 1.165) is 12.1 Å². The predicted molar refractivity (Wildman–Crippen MR) is 136 cm³/mol. The van der Waals surface area contributed by atoms with Crippen molar-refractivity contribution in [2.24, 2.45) is 5.92 Å². The minimum atomic E-state index is -1.03. The van der Waals surface area contributed by atoms with Gasteiger partial charge in [-0.1, -0.05) is 35.5 Å². The highest BCUT2D eigenvalue weighted by atomic mass is 35.5. The van der Waals surface area contributed by atoms with Crippen LogP contribution in [-0.4, -0.2) is 56.2 Å². The summed E-state index contributed by atoms with van der Waals surface area (Å²) >= 11 is 7.41. The molecule has 0 bridgehead atoms. The molecule has 2 unspecified atom stereocenters. The van der Waals surface area contributed by atoms with Gasteiger partial charge in [-0.15, -0.1) is 5.10 Å². The molecule has 204 valence electrons. The lowest BCUT2D eigenvalue weighted by atomic mass is 9.90. The highest BCUT2D eigenvalue weighted by molar-refractivity contribution is 7.99. The van der Waals surface area contributed by atoms with Gasteiger partial charge in [-0.2, -0.15) is 0 Å². The van der Waals surface area contributed by atoms with E-state index in [1.807, 2.05) is 6.92 Å². The zero-order valence-electron chi connectivity index (χ0n) is 20.9. The van der Waals surface area contributed by atoms with Gasteiger partial charge in [0.15, 0.2) is 6.10 Å². The fourth-order valence-corrected chi connectivity index (χ4v) is 5.61. The standard InChI is InChI=1S/C25H22ClF2N5O5S/c1-12-23(33-10-20(31-32-33)15-5-18(27)22(29-4)19(28)6-15)24(37-14(3)35)21(11-36-13(2)34)38-25(12)39-17-7-16(26)8-30-9-17/h5-10,12,21,23-25H,11H2,1-3H3/t12?,21?,23-,24+,25-/m1/s1. The summed E-state index contributed by atoms with van der Waals surface area (Å²) in [4.78, 5) is 31.3.